The van der Waals surface area contributed by atoms with Crippen LogP contribution in [0.15, 0.2) is 54.6 Å². The third-order valence-corrected chi connectivity index (χ3v) is 5.38. The topological polar surface area (TPSA) is 48.0 Å². The smallest absolute Gasteiger partial charge is 0.226 e. The van der Waals surface area contributed by atoms with Crippen molar-refractivity contribution in [3.8, 4) is 16.9 Å². The van der Waals surface area contributed by atoms with Gasteiger partial charge in [0.2, 0.25) is 5.91 Å². The molecule has 0 N–H and O–H groups in total. The maximum atomic E-state index is 12.8. The number of rotatable bonds is 6. The number of carbonyl (C=O) groups excluding carboxylic acids is 1. The molecule has 5 heteroatoms. The molecule has 0 spiro atoms. The molecule has 0 saturated carbocycles. The van der Waals surface area contributed by atoms with Crippen molar-refractivity contribution >= 4 is 5.91 Å². The molecular weight excluding hydrogens is 354 g/mol. The Labute approximate surface area is 166 Å². The fourth-order valence-corrected chi connectivity index (χ4v) is 3.99. The van der Waals surface area contributed by atoms with Gasteiger partial charge >= 0.3 is 0 Å². The fourth-order valence-electron chi connectivity index (χ4n) is 3.99. The van der Waals surface area contributed by atoms with E-state index in [1.54, 1.807) is 0 Å². The van der Waals surface area contributed by atoms with Gasteiger partial charge in [-0.15, -0.1) is 0 Å². The molecule has 2 aliphatic heterocycles. The summed E-state index contributed by atoms with van der Waals surface area (Å²) in [6.45, 7) is 2.36. The van der Waals surface area contributed by atoms with Gasteiger partial charge in [0.05, 0.1) is 32.3 Å². The van der Waals surface area contributed by atoms with Crippen LogP contribution < -0.4 is 4.74 Å². The number of benzene rings is 2. The molecule has 2 aromatic carbocycles. The molecule has 4 rings (SSSR count). The largest absolute Gasteiger partial charge is 0.492 e. The summed E-state index contributed by atoms with van der Waals surface area (Å²) in [7, 11) is 0. The van der Waals surface area contributed by atoms with Gasteiger partial charge in [-0.1, -0.05) is 48.5 Å². The lowest BCUT2D eigenvalue weighted by atomic mass is 10.0. The van der Waals surface area contributed by atoms with Gasteiger partial charge in [0, 0.05) is 12.1 Å². The maximum Gasteiger partial charge on any atom is 0.226 e. The van der Waals surface area contributed by atoms with Crippen LogP contribution in [0.4, 0.5) is 0 Å². The molecule has 28 heavy (non-hydrogen) atoms. The molecule has 5 nitrogen and oxygen atoms in total. The number of ether oxygens (including phenoxy) is 3. The summed E-state index contributed by atoms with van der Waals surface area (Å²) in [5, 5.41) is 0. The number of amides is 1. The normalized spacial score (nSPS) is 20.3. The van der Waals surface area contributed by atoms with E-state index in [1.165, 1.54) is 0 Å². The second kappa shape index (κ2) is 9.22. The molecule has 0 radical (unpaired) electrons. The van der Waals surface area contributed by atoms with E-state index in [9.17, 15) is 4.79 Å². The van der Waals surface area contributed by atoms with Crippen LogP contribution in [0.2, 0.25) is 0 Å². The van der Waals surface area contributed by atoms with Gasteiger partial charge in [-0.2, -0.15) is 0 Å². The van der Waals surface area contributed by atoms with E-state index < -0.39 is 0 Å². The average Bonchev–Trinajstić information content (AvgIpc) is 3.29. The second-order valence-corrected chi connectivity index (χ2v) is 7.22. The molecule has 2 aliphatic rings. The van der Waals surface area contributed by atoms with E-state index in [-0.39, 0.29) is 18.2 Å². The average molecular weight is 381 g/mol. The Morgan fingerprint density at radius 3 is 2.57 bits per heavy atom. The van der Waals surface area contributed by atoms with Crippen LogP contribution in [0.5, 0.6) is 5.75 Å². The second-order valence-electron chi connectivity index (χ2n) is 7.22. The van der Waals surface area contributed by atoms with Crippen molar-refractivity contribution in [2.24, 2.45) is 0 Å². The quantitative estimate of drug-likeness (QED) is 0.762. The zero-order chi connectivity index (χ0) is 19.2. The van der Waals surface area contributed by atoms with E-state index in [2.05, 4.69) is 12.1 Å². The Balaban J connectivity index is 1.37. The lowest BCUT2D eigenvalue weighted by Gasteiger charge is -2.38. The van der Waals surface area contributed by atoms with Crippen molar-refractivity contribution in [1.29, 1.82) is 0 Å². The van der Waals surface area contributed by atoms with Crippen LogP contribution in [0.1, 0.15) is 25.7 Å². The molecule has 1 amide bonds. The zero-order valence-electron chi connectivity index (χ0n) is 16.1. The highest BCUT2D eigenvalue weighted by Crippen LogP contribution is 2.30. The number of para-hydroxylation sites is 1. The predicted octanol–water partition coefficient (Wildman–Crippen LogP) is 3.88. The molecule has 0 bridgehead atoms. The van der Waals surface area contributed by atoms with Gasteiger partial charge in [0.25, 0.3) is 0 Å². The number of nitrogens with zero attached hydrogens (tertiary/aromatic N) is 1. The third-order valence-electron chi connectivity index (χ3n) is 5.38. The molecule has 148 valence electrons. The lowest BCUT2D eigenvalue weighted by Crippen LogP contribution is -2.50. The minimum Gasteiger partial charge on any atom is -0.492 e. The first-order valence-corrected chi connectivity index (χ1v) is 10.1. The van der Waals surface area contributed by atoms with Crippen LogP contribution in [0, 0.1) is 0 Å². The van der Waals surface area contributed by atoms with Crippen molar-refractivity contribution in [1.82, 2.24) is 4.90 Å². The number of hydrogen-bond donors (Lipinski definition) is 0. The lowest BCUT2D eigenvalue weighted by molar-refractivity contribution is -0.151. The number of carbonyl (C=O) groups is 1. The van der Waals surface area contributed by atoms with Gasteiger partial charge in [0.15, 0.2) is 6.29 Å². The SMILES string of the molecule is O=C(CCOc1ccccc1-c1ccccc1)N1CCCCC1C1OCCO1. The van der Waals surface area contributed by atoms with Crippen LogP contribution >= 0.6 is 0 Å². The molecule has 2 aromatic rings. The highest BCUT2D eigenvalue weighted by Gasteiger charge is 2.35. The highest BCUT2D eigenvalue weighted by atomic mass is 16.7. The van der Waals surface area contributed by atoms with Gasteiger partial charge in [0.1, 0.15) is 5.75 Å². The van der Waals surface area contributed by atoms with Crippen LogP contribution in [0.3, 0.4) is 0 Å². The van der Waals surface area contributed by atoms with Crippen LogP contribution in [0.25, 0.3) is 11.1 Å². The predicted molar refractivity (Wildman–Crippen MR) is 107 cm³/mol. The van der Waals surface area contributed by atoms with E-state index in [0.717, 1.165) is 42.7 Å². The first-order chi connectivity index (χ1) is 13.8. The first kappa shape index (κ1) is 19.0. The molecule has 0 aliphatic carbocycles. The van der Waals surface area contributed by atoms with Crippen molar-refractivity contribution in [2.45, 2.75) is 38.0 Å². The van der Waals surface area contributed by atoms with Crippen molar-refractivity contribution in [3.63, 3.8) is 0 Å². The highest BCUT2D eigenvalue weighted by molar-refractivity contribution is 5.77. The summed E-state index contributed by atoms with van der Waals surface area (Å²) in [6, 6.07) is 18.1. The minimum atomic E-state index is -0.274. The first-order valence-electron chi connectivity index (χ1n) is 10.1. The Bertz CT molecular complexity index is 773. The molecule has 0 aromatic heterocycles. The summed E-state index contributed by atoms with van der Waals surface area (Å²) >= 11 is 0. The summed E-state index contributed by atoms with van der Waals surface area (Å²) < 4.78 is 17.3. The van der Waals surface area contributed by atoms with E-state index in [0.29, 0.717) is 26.2 Å². The van der Waals surface area contributed by atoms with Crippen molar-refractivity contribution in [2.75, 3.05) is 26.4 Å². The van der Waals surface area contributed by atoms with Crippen molar-refractivity contribution < 1.29 is 19.0 Å². The van der Waals surface area contributed by atoms with Gasteiger partial charge < -0.3 is 19.1 Å². The Morgan fingerprint density at radius 2 is 1.75 bits per heavy atom. The van der Waals surface area contributed by atoms with Gasteiger partial charge in [-0.3, -0.25) is 4.79 Å². The number of piperidine rings is 1. The summed E-state index contributed by atoms with van der Waals surface area (Å²) in [6.07, 6.45) is 3.16. The van der Waals surface area contributed by atoms with Crippen LogP contribution in [-0.2, 0) is 14.3 Å². The zero-order valence-corrected chi connectivity index (χ0v) is 16.1. The molecule has 2 saturated heterocycles. The van der Waals surface area contributed by atoms with Crippen molar-refractivity contribution in [3.05, 3.63) is 54.6 Å². The Morgan fingerprint density at radius 1 is 1.00 bits per heavy atom. The van der Waals surface area contributed by atoms with E-state index in [1.807, 2.05) is 47.4 Å². The summed E-state index contributed by atoms with van der Waals surface area (Å²) in [5.74, 6) is 0.917. The standard InChI is InChI=1S/C23H27NO4/c25-22(24-14-7-6-11-20(24)23-27-16-17-28-23)13-15-26-21-12-5-4-10-19(21)18-8-2-1-3-9-18/h1-5,8-10,12,20,23H,6-7,11,13-17H2. The fraction of sp³-hybridized carbons (Fsp3) is 0.435. The minimum absolute atomic E-state index is 0.0281. The third kappa shape index (κ3) is 4.37. The van der Waals surface area contributed by atoms with E-state index in [4.69, 9.17) is 14.2 Å². The van der Waals surface area contributed by atoms with Gasteiger partial charge in [-0.05, 0) is 30.9 Å². The Kier molecular flexibility index (Phi) is 6.24. The molecule has 2 heterocycles. The molecule has 2 fully saturated rings. The summed E-state index contributed by atoms with van der Waals surface area (Å²) in [4.78, 5) is 14.8. The van der Waals surface area contributed by atoms with Crippen LogP contribution in [-0.4, -0.2) is 49.5 Å². The summed E-state index contributed by atoms with van der Waals surface area (Å²) in [5.41, 5.74) is 2.15. The number of hydrogen-bond acceptors (Lipinski definition) is 4. The molecule has 1 atom stereocenters. The Hall–Kier alpha value is -2.37. The van der Waals surface area contributed by atoms with E-state index >= 15 is 0 Å². The number of likely N-dealkylation sites (tertiary alicyclic amines) is 1. The molecule has 1 unspecified atom stereocenters. The monoisotopic (exact) mass is 381 g/mol. The molecular formula is C23H27NO4. The maximum absolute atomic E-state index is 12.8. The van der Waals surface area contributed by atoms with Gasteiger partial charge in [-0.25, -0.2) is 0 Å².